The normalized spacial score (nSPS) is 16.6. The van der Waals surface area contributed by atoms with Crippen LogP contribution in [0.5, 0.6) is 5.75 Å². The van der Waals surface area contributed by atoms with E-state index in [4.69, 9.17) is 21.1 Å². The van der Waals surface area contributed by atoms with Crippen molar-refractivity contribution in [1.29, 1.82) is 0 Å². The summed E-state index contributed by atoms with van der Waals surface area (Å²) < 4.78 is 35.2. The Balaban J connectivity index is 2.00. The Labute approximate surface area is 167 Å². The molecule has 8 nitrogen and oxygen atoms in total. The molecule has 1 unspecified atom stereocenters. The zero-order valence-electron chi connectivity index (χ0n) is 15.5. The number of aromatic nitrogens is 2. The van der Waals surface area contributed by atoms with Gasteiger partial charge in [0.2, 0.25) is 5.78 Å². The van der Waals surface area contributed by atoms with E-state index in [1.54, 1.807) is 6.92 Å². The predicted octanol–water partition coefficient (Wildman–Crippen LogP) is 2.11. The maximum Gasteiger partial charge on any atom is 0.275 e. The van der Waals surface area contributed by atoms with Crippen LogP contribution in [0, 0.1) is 0 Å². The topological polar surface area (TPSA) is 118 Å². The molecule has 1 saturated heterocycles. The molecule has 1 aliphatic heterocycles. The van der Waals surface area contributed by atoms with Crippen LogP contribution in [0.3, 0.4) is 0 Å². The highest BCUT2D eigenvalue weighted by molar-refractivity contribution is 7.90. The van der Waals surface area contributed by atoms with Gasteiger partial charge in [-0.15, -0.1) is 0 Å². The summed E-state index contributed by atoms with van der Waals surface area (Å²) in [5.74, 6) is -0.684. The molecule has 10 heteroatoms. The van der Waals surface area contributed by atoms with Crippen LogP contribution in [-0.2, 0) is 21.0 Å². The van der Waals surface area contributed by atoms with Crippen LogP contribution in [0.25, 0.3) is 0 Å². The van der Waals surface area contributed by atoms with E-state index in [0.29, 0.717) is 25.1 Å². The maximum absolute atomic E-state index is 12.9. The van der Waals surface area contributed by atoms with Gasteiger partial charge in [0.05, 0.1) is 17.7 Å². The number of sulfone groups is 1. The van der Waals surface area contributed by atoms with Gasteiger partial charge in [0.25, 0.3) is 5.56 Å². The second-order valence-corrected chi connectivity index (χ2v) is 8.92. The van der Waals surface area contributed by atoms with Gasteiger partial charge in [-0.05, 0) is 25.0 Å². The molecule has 2 heterocycles. The highest BCUT2D eigenvalue weighted by atomic mass is 35.5. The van der Waals surface area contributed by atoms with Crippen LogP contribution in [0.4, 0.5) is 0 Å². The van der Waals surface area contributed by atoms with Crippen molar-refractivity contribution in [3.63, 3.8) is 0 Å². The molecule has 0 amide bonds. The van der Waals surface area contributed by atoms with Crippen molar-refractivity contribution < 1.29 is 22.7 Å². The fourth-order valence-electron chi connectivity index (χ4n) is 2.98. The monoisotopic (exact) mass is 428 g/mol. The molecule has 1 aromatic carbocycles. The van der Waals surface area contributed by atoms with Crippen molar-refractivity contribution in [2.24, 2.45) is 0 Å². The molecular formula is C18H21ClN2O6S. The second kappa shape index (κ2) is 8.10. The first kappa shape index (κ1) is 20.6. The minimum absolute atomic E-state index is 0.00348. The number of nitrogens with one attached hydrogen (secondary N) is 2. The van der Waals surface area contributed by atoms with Gasteiger partial charge >= 0.3 is 0 Å². The van der Waals surface area contributed by atoms with E-state index in [1.807, 2.05) is 0 Å². The molecule has 3 rings (SSSR count). The molecule has 1 aliphatic rings. The maximum atomic E-state index is 12.9. The lowest BCUT2D eigenvalue weighted by molar-refractivity contribution is -0.0597. The van der Waals surface area contributed by atoms with E-state index < -0.39 is 21.2 Å². The average Bonchev–Trinajstić information content (AvgIpc) is 2.97. The van der Waals surface area contributed by atoms with Gasteiger partial charge in [-0.25, -0.2) is 8.42 Å². The number of halogens is 1. The van der Waals surface area contributed by atoms with Gasteiger partial charge < -0.3 is 14.6 Å². The zero-order valence-corrected chi connectivity index (χ0v) is 17.1. The predicted molar refractivity (Wildman–Crippen MR) is 103 cm³/mol. The number of H-pyrrole nitrogens is 2. The second-order valence-electron chi connectivity index (χ2n) is 6.56. The molecule has 152 valence electrons. The van der Waals surface area contributed by atoms with Gasteiger partial charge in [-0.2, -0.15) is 0 Å². The minimum atomic E-state index is -3.64. The molecule has 2 N–H and O–H groups in total. The molecule has 0 aliphatic carbocycles. The van der Waals surface area contributed by atoms with Gasteiger partial charge in [0, 0.05) is 30.5 Å². The summed E-state index contributed by atoms with van der Waals surface area (Å²) >= 11 is 6.38. The Morgan fingerprint density at radius 1 is 1.36 bits per heavy atom. The molecule has 1 aromatic heterocycles. The molecule has 2 aromatic rings. The number of carbonyl (C=O) groups excluding carboxylic acids is 1. The summed E-state index contributed by atoms with van der Waals surface area (Å²) in [6, 6.07) is 2.57. The van der Waals surface area contributed by atoms with Crippen LogP contribution < -0.4 is 10.3 Å². The quantitative estimate of drug-likeness (QED) is 0.621. The molecule has 1 atom stereocenters. The lowest BCUT2D eigenvalue weighted by Crippen LogP contribution is -2.28. The standard InChI is InChI=1S/C18H21ClN2O6S/c1-3-12-14(18(23)21-20-12)16(22)11-4-5-13(28(2,24)25)17(15(11)19)27-9-7-10-6-8-26-10/h4-5,10H,3,6-9H2,1-2H3,(H2,20,21,23). The molecule has 0 saturated carbocycles. The van der Waals surface area contributed by atoms with Gasteiger partial charge in [-0.1, -0.05) is 18.5 Å². The van der Waals surface area contributed by atoms with Gasteiger partial charge in [0.1, 0.15) is 10.5 Å². The average molecular weight is 429 g/mol. The van der Waals surface area contributed by atoms with Crippen molar-refractivity contribution in [3.8, 4) is 5.75 Å². The van der Waals surface area contributed by atoms with Crippen LogP contribution in [0.2, 0.25) is 5.02 Å². The number of carbonyl (C=O) groups is 1. The summed E-state index contributed by atoms with van der Waals surface area (Å²) in [7, 11) is -3.64. The molecule has 28 heavy (non-hydrogen) atoms. The zero-order chi connectivity index (χ0) is 20.5. The highest BCUT2D eigenvalue weighted by Crippen LogP contribution is 2.36. The first-order valence-electron chi connectivity index (χ1n) is 8.85. The van der Waals surface area contributed by atoms with Crippen molar-refractivity contribution in [1.82, 2.24) is 10.2 Å². The van der Waals surface area contributed by atoms with Crippen LogP contribution in [0.1, 0.15) is 41.4 Å². The Kier molecular flexibility index (Phi) is 5.97. The number of aromatic amines is 2. The van der Waals surface area contributed by atoms with E-state index in [1.165, 1.54) is 12.1 Å². The van der Waals surface area contributed by atoms with Gasteiger partial charge in [0.15, 0.2) is 15.6 Å². The lowest BCUT2D eigenvalue weighted by Gasteiger charge is -2.26. The number of rotatable bonds is 8. The van der Waals surface area contributed by atoms with E-state index in [9.17, 15) is 18.0 Å². The largest absolute Gasteiger partial charge is 0.491 e. The fourth-order valence-corrected chi connectivity index (χ4v) is 4.15. The third kappa shape index (κ3) is 4.01. The number of ether oxygens (including phenoxy) is 2. The highest BCUT2D eigenvalue weighted by Gasteiger charge is 2.27. The van der Waals surface area contributed by atoms with Crippen LogP contribution in [0.15, 0.2) is 21.8 Å². The third-order valence-corrected chi connectivity index (χ3v) is 6.12. The van der Waals surface area contributed by atoms with Crippen LogP contribution >= 0.6 is 11.6 Å². The van der Waals surface area contributed by atoms with E-state index >= 15 is 0 Å². The van der Waals surface area contributed by atoms with E-state index in [-0.39, 0.29) is 39.5 Å². The molecule has 1 fully saturated rings. The SMILES string of the molecule is CCc1[nH][nH]c(=O)c1C(=O)c1ccc(S(C)(=O)=O)c(OCCC2CCO2)c1Cl. The summed E-state index contributed by atoms with van der Waals surface area (Å²) in [5.41, 5.74) is -0.161. The Morgan fingerprint density at radius 2 is 2.07 bits per heavy atom. The number of hydrogen-bond donors (Lipinski definition) is 2. The summed E-state index contributed by atoms with van der Waals surface area (Å²) in [4.78, 5) is 24.9. The first-order chi connectivity index (χ1) is 13.2. The smallest absolute Gasteiger partial charge is 0.275 e. The first-order valence-corrected chi connectivity index (χ1v) is 11.1. The van der Waals surface area contributed by atoms with E-state index in [0.717, 1.165) is 12.7 Å². The number of hydrogen-bond acceptors (Lipinski definition) is 6. The summed E-state index contributed by atoms with van der Waals surface area (Å²) in [6.45, 7) is 2.69. The summed E-state index contributed by atoms with van der Waals surface area (Å²) in [5, 5.41) is 4.91. The number of aryl methyl sites for hydroxylation is 1. The molecule has 0 radical (unpaired) electrons. The van der Waals surface area contributed by atoms with Crippen molar-refractivity contribution >= 4 is 27.2 Å². The van der Waals surface area contributed by atoms with Crippen molar-refractivity contribution in [2.45, 2.75) is 37.2 Å². The minimum Gasteiger partial charge on any atom is -0.491 e. The number of benzene rings is 1. The lowest BCUT2D eigenvalue weighted by atomic mass is 10.0. The van der Waals surface area contributed by atoms with E-state index in [2.05, 4.69) is 10.2 Å². The van der Waals surface area contributed by atoms with Crippen molar-refractivity contribution in [2.75, 3.05) is 19.5 Å². The fraction of sp³-hybridized carbons (Fsp3) is 0.444. The Hall–Kier alpha value is -2.10. The molecule has 0 bridgehead atoms. The third-order valence-electron chi connectivity index (χ3n) is 4.62. The van der Waals surface area contributed by atoms with Crippen molar-refractivity contribution in [3.05, 3.63) is 44.3 Å². The number of ketones is 1. The Bertz CT molecular complexity index is 1050. The summed E-state index contributed by atoms with van der Waals surface area (Å²) in [6.07, 6.45) is 3.05. The Morgan fingerprint density at radius 3 is 2.64 bits per heavy atom. The molecule has 0 spiro atoms. The van der Waals surface area contributed by atoms with Gasteiger partial charge in [-0.3, -0.25) is 14.7 Å². The molecular weight excluding hydrogens is 408 g/mol. The van der Waals surface area contributed by atoms with Crippen LogP contribution in [-0.4, -0.2) is 50.0 Å².